The number of ether oxygens (including phenoxy) is 2. The largest absolute Gasteiger partial charge is 0.379 e. The first kappa shape index (κ1) is 16.3. The molecule has 1 aromatic carbocycles. The molecule has 2 atom stereocenters. The maximum atomic E-state index is 13.1. The first-order valence-corrected chi connectivity index (χ1v) is 7.54. The summed E-state index contributed by atoms with van der Waals surface area (Å²) >= 11 is 0. The van der Waals surface area contributed by atoms with Crippen LogP contribution in [0.1, 0.15) is 37.8 Å². The van der Waals surface area contributed by atoms with E-state index in [0.717, 1.165) is 38.5 Å². The Hall–Kier alpha value is -1.04. The van der Waals surface area contributed by atoms with Gasteiger partial charge in [0.05, 0.1) is 12.7 Å². The zero-order chi connectivity index (χ0) is 15.1. The van der Waals surface area contributed by atoms with Crippen molar-refractivity contribution in [3.8, 4) is 0 Å². The van der Waals surface area contributed by atoms with Crippen molar-refractivity contribution in [2.75, 3.05) is 26.4 Å². The summed E-state index contributed by atoms with van der Waals surface area (Å²) in [6.45, 7) is 4.80. The highest BCUT2D eigenvalue weighted by Gasteiger charge is 2.15. The smallest absolute Gasteiger partial charge is 0.126 e. The Kier molecular flexibility index (Phi) is 6.54. The lowest BCUT2D eigenvalue weighted by atomic mass is 10.1. The minimum absolute atomic E-state index is 0.0895. The zero-order valence-corrected chi connectivity index (χ0v) is 12.4. The monoisotopic (exact) mass is 299 g/mol. The van der Waals surface area contributed by atoms with E-state index in [9.17, 15) is 8.78 Å². The van der Waals surface area contributed by atoms with Gasteiger partial charge in [0.25, 0.3) is 0 Å². The van der Waals surface area contributed by atoms with Crippen LogP contribution in [0.25, 0.3) is 0 Å². The first-order chi connectivity index (χ1) is 10.1. The van der Waals surface area contributed by atoms with Gasteiger partial charge in [-0.15, -0.1) is 0 Å². The Balaban J connectivity index is 1.59. The van der Waals surface area contributed by atoms with Gasteiger partial charge in [0.2, 0.25) is 0 Å². The molecule has 1 fully saturated rings. The van der Waals surface area contributed by atoms with Gasteiger partial charge in [-0.3, -0.25) is 0 Å². The topological polar surface area (TPSA) is 30.5 Å². The second-order valence-corrected chi connectivity index (χ2v) is 5.44. The van der Waals surface area contributed by atoms with E-state index in [1.165, 1.54) is 12.1 Å². The van der Waals surface area contributed by atoms with Crippen molar-refractivity contribution in [1.82, 2.24) is 5.32 Å². The molecule has 0 radical (unpaired) electrons. The van der Waals surface area contributed by atoms with Gasteiger partial charge < -0.3 is 14.8 Å². The lowest BCUT2D eigenvalue weighted by Crippen LogP contribution is -2.22. The third-order valence-corrected chi connectivity index (χ3v) is 3.63. The molecule has 1 aromatic rings. The van der Waals surface area contributed by atoms with Gasteiger partial charge >= 0.3 is 0 Å². The van der Waals surface area contributed by atoms with Crippen LogP contribution in [0.2, 0.25) is 0 Å². The molecule has 0 amide bonds. The van der Waals surface area contributed by atoms with E-state index in [4.69, 9.17) is 9.47 Å². The molecule has 0 spiro atoms. The summed E-state index contributed by atoms with van der Waals surface area (Å²) < 4.78 is 37.3. The average Bonchev–Trinajstić information content (AvgIpc) is 2.94. The molecular formula is C16H23F2NO2. The van der Waals surface area contributed by atoms with Crippen LogP contribution < -0.4 is 5.32 Å². The number of hydrogen-bond acceptors (Lipinski definition) is 3. The van der Waals surface area contributed by atoms with Crippen LogP contribution in [0.3, 0.4) is 0 Å². The normalized spacial score (nSPS) is 19.9. The molecule has 0 bridgehead atoms. The third kappa shape index (κ3) is 5.69. The van der Waals surface area contributed by atoms with E-state index < -0.39 is 11.6 Å². The van der Waals surface area contributed by atoms with Gasteiger partial charge in [0.1, 0.15) is 11.6 Å². The minimum Gasteiger partial charge on any atom is -0.379 e. The molecule has 1 heterocycles. The van der Waals surface area contributed by atoms with Gasteiger partial charge in [-0.2, -0.15) is 0 Å². The molecule has 0 aromatic heterocycles. The van der Waals surface area contributed by atoms with Crippen molar-refractivity contribution in [3.05, 3.63) is 35.4 Å². The fourth-order valence-electron chi connectivity index (χ4n) is 2.43. The van der Waals surface area contributed by atoms with Crippen molar-refractivity contribution in [2.45, 2.75) is 38.3 Å². The van der Waals surface area contributed by atoms with E-state index in [0.29, 0.717) is 18.8 Å². The fourth-order valence-corrected chi connectivity index (χ4v) is 2.43. The van der Waals surface area contributed by atoms with Gasteiger partial charge in [0.15, 0.2) is 0 Å². The Bertz CT molecular complexity index is 416. The Morgan fingerprint density at radius 2 is 2.10 bits per heavy atom. The van der Waals surface area contributed by atoms with Crippen LogP contribution in [-0.4, -0.2) is 32.5 Å². The number of benzene rings is 1. The Morgan fingerprint density at radius 3 is 2.76 bits per heavy atom. The molecule has 2 rings (SSSR count). The van der Waals surface area contributed by atoms with Crippen LogP contribution in [0.15, 0.2) is 18.2 Å². The molecule has 0 saturated carbocycles. The molecule has 3 nitrogen and oxygen atoms in total. The minimum atomic E-state index is -0.543. The number of nitrogens with one attached hydrogen (secondary N) is 1. The molecule has 0 aliphatic carbocycles. The summed E-state index contributed by atoms with van der Waals surface area (Å²) in [5.74, 6) is -1.09. The summed E-state index contributed by atoms with van der Waals surface area (Å²) in [7, 11) is 0. The average molecular weight is 299 g/mol. The molecule has 1 aliphatic rings. The maximum absolute atomic E-state index is 13.1. The predicted molar refractivity (Wildman–Crippen MR) is 77.2 cm³/mol. The quantitative estimate of drug-likeness (QED) is 0.748. The molecule has 21 heavy (non-hydrogen) atoms. The second kappa shape index (κ2) is 8.41. The van der Waals surface area contributed by atoms with Crippen molar-refractivity contribution >= 4 is 0 Å². The van der Waals surface area contributed by atoms with Gasteiger partial charge in [-0.25, -0.2) is 8.78 Å². The summed E-state index contributed by atoms with van der Waals surface area (Å²) in [6, 6.07) is 3.51. The lowest BCUT2D eigenvalue weighted by molar-refractivity contribution is 0.0165. The van der Waals surface area contributed by atoms with Crippen LogP contribution in [0.5, 0.6) is 0 Å². The van der Waals surface area contributed by atoms with Crippen molar-refractivity contribution in [3.63, 3.8) is 0 Å². The second-order valence-electron chi connectivity index (χ2n) is 5.44. The fraction of sp³-hybridized carbons (Fsp3) is 0.625. The van der Waals surface area contributed by atoms with Crippen LogP contribution in [0, 0.1) is 11.6 Å². The van der Waals surface area contributed by atoms with E-state index in [-0.39, 0.29) is 12.1 Å². The predicted octanol–water partition coefficient (Wildman–Crippen LogP) is 3.20. The van der Waals surface area contributed by atoms with Crippen LogP contribution in [0.4, 0.5) is 8.78 Å². The Morgan fingerprint density at radius 1 is 1.33 bits per heavy atom. The first-order valence-electron chi connectivity index (χ1n) is 7.54. The van der Waals surface area contributed by atoms with Crippen molar-refractivity contribution in [2.24, 2.45) is 0 Å². The summed E-state index contributed by atoms with van der Waals surface area (Å²) in [5.41, 5.74) is 0.618. The van der Waals surface area contributed by atoms with Gasteiger partial charge in [-0.1, -0.05) is 0 Å². The summed E-state index contributed by atoms with van der Waals surface area (Å²) in [6.07, 6.45) is 3.32. The molecule has 118 valence electrons. The van der Waals surface area contributed by atoms with Crippen LogP contribution in [-0.2, 0) is 9.47 Å². The highest BCUT2D eigenvalue weighted by molar-refractivity contribution is 5.20. The molecule has 2 unspecified atom stereocenters. The van der Waals surface area contributed by atoms with Crippen molar-refractivity contribution < 1.29 is 18.3 Å². The van der Waals surface area contributed by atoms with Gasteiger partial charge in [-0.05, 0) is 50.4 Å². The summed E-state index contributed by atoms with van der Waals surface area (Å²) in [4.78, 5) is 0. The van der Waals surface area contributed by atoms with E-state index in [2.05, 4.69) is 5.32 Å². The molecule has 1 saturated heterocycles. The number of halogens is 2. The molecule has 1 aliphatic heterocycles. The lowest BCUT2D eigenvalue weighted by Gasteiger charge is -2.15. The summed E-state index contributed by atoms with van der Waals surface area (Å²) in [5, 5.41) is 3.24. The Labute approximate surface area is 124 Å². The highest BCUT2D eigenvalue weighted by atomic mass is 19.1. The molecule has 1 N–H and O–H groups in total. The number of rotatable bonds is 8. The standard InChI is InChI=1S/C16H23F2NO2/c1-12(13-8-14(17)10-15(18)9-13)19-5-3-6-20-11-16-4-2-7-21-16/h8-10,12,16,19H,2-7,11H2,1H3. The molecule has 5 heteroatoms. The van der Waals surface area contributed by atoms with Crippen LogP contribution >= 0.6 is 0 Å². The van der Waals surface area contributed by atoms with E-state index in [1.54, 1.807) is 0 Å². The number of hydrogen-bond donors (Lipinski definition) is 1. The maximum Gasteiger partial charge on any atom is 0.126 e. The van der Waals surface area contributed by atoms with Crippen molar-refractivity contribution in [1.29, 1.82) is 0 Å². The molecular weight excluding hydrogens is 276 g/mol. The van der Waals surface area contributed by atoms with Gasteiger partial charge in [0, 0.05) is 25.3 Å². The third-order valence-electron chi connectivity index (χ3n) is 3.63. The van der Waals surface area contributed by atoms with E-state index in [1.807, 2.05) is 6.92 Å². The van der Waals surface area contributed by atoms with E-state index >= 15 is 0 Å². The SMILES string of the molecule is CC(NCCCOCC1CCCO1)c1cc(F)cc(F)c1. The zero-order valence-electron chi connectivity index (χ0n) is 12.4. The highest BCUT2D eigenvalue weighted by Crippen LogP contribution is 2.16.